The van der Waals surface area contributed by atoms with Gasteiger partial charge in [0.15, 0.2) is 6.61 Å². The first-order chi connectivity index (χ1) is 12.2. The molecule has 4 heteroatoms. The maximum Gasteiger partial charge on any atom is 0.260 e. The number of nitrogens with zero attached hydrogens (tertiary/aromatic N) is 2. The molecule has 2 saturated heterocycles. The molecule has 0 aliphatic carbocycles. The first-order valence-corrected chi connectivity index (χ1v) is 9.94. The fourth-order valence-corrected chi connectivity index (χ4v) is 4.01. The van der Waals surface area contributed by atoms with Gasteiger partial charge in [0.05, 0.1) is 0 Å². The van der Waals surface area contributed by atoms with Crippen LogP contribution in [0.5, 0.6) is 5.75 Å². The van der Waals surface area contributed by atoms with Crippen LogP contribution in [0, 0.1) is 6.92 Å². The van der Waals surface area contributed by atoms with Gasteiger partial charge < -0.3 is 14.5 Å². The zero-order chi connectivity index (χ0) is 17.5. The van der Waals surface area contributed by atoms with Crippen LogP contribution in [0.4, 0.5) is 0 Å². The molecule has 4 nitrogen and oxygen atoms in total. The van der Waals surface area contributed by atoms with E-state index in [2.05, 4.69) is 16.7 Å². The molecule has 2 aliphatic heterocycles. The van der Waals surface area contributed by atoms with E-state index in [9.17, 15) is 4.79 Å². The highest BCUT2D eigenvalue weighted by Crippen LogP contribution is 2.21. The van der Waals surface area contributed by atoms with Gasteiger partial charge in [0.2, 0.25) is 0 Å². The number of benzene rings is 1. The number of carbonyl (C=O) groups excluding carboxylic acids is 1. The maximum absolute atomic E-state index is 12.7. The molecule has 0 saturated carbocycles. The zero-order valence-electron chi connectivity index (χ0n) is 15.6. The molecule has 0 radical (unpaired) electrons. The number of hydrogen-bond acceptors (Lipinski definition) is 3. The molecule has 3 rings (SSSR count). The summed E-state index contributed by atoms with van der Waals surface area (Å²) in [7, 11) is 0. The number of aryl methyl sites for hydroxylation is 1. The highest BCUT2D eigenvalue weighted by molar-refractivity contribution is 5.78. The number of hydrogen-bond donors (Lipinski definition) is 0. The summed E-state index contributed by atoms with van der Waals surface area (Å²) in [6.07, 6.45) is 8.65. The van der Waals surface area contributed by atoms with Crippen LogP contribution in [0.1, 0.15) is 50.5 Å². The van der Waals surface area contributed by atoms with Crippen LogP contribution >= 0.6 is 0 Å². The predicted octanol–water partition coefficient (Wildman–Crippen LogP) is 3.63. The summed E-state index contributed by atoms with van der Waals surface area (Å²) in [6, 6.07) is 8.30. The molecule has 2 aliphatic rings. The van der Waals surface area contributed by atoms with Crippen molar-refractivity contribution in [1.29, 1.82) is 0 Å². The zero-order valence-corrected chi connectivity index (χ0v) is 15.6. The summed E-state index contributed by atoms with van der Waals surface area (Å²) < 4.78 is 5.72. The van der Waals surface area contributed by atoms with E-state index >= 15 is 0 Å². The van der Waals surface area contributed by atoms with Gasteiger partial charge in [-0.15, -0.1) is 0 Å². The van der Waals surface area contributed by atoms with Crippen LogP contribution in [0.2, 0.25) is 0 Å². The van der Waals surface area contributed by atoms with Crippen molar-refractivity contribution in [2.45, 2.75) is 57.9 Å². The second kappa shape index (κ2) is 9.23. The van der Waals surface area contributed by atoms with E-state index in [0.717, 1.165) is 38.1 Å². The predicted molar refractivity (Wildman–Crippen MR) is 101 cm³/mol. The molecule has 1 amide bonds. The summed E-state index contributed by atoms with van der Waals surface area (Å²) in [5.41, 5.74) is 1.20. The topological polar surface area (TPSA) is 32.8 Å². The lowest BCUT2D eigenvalue weighted by Gasteiger charge is -2.37. The number of ether oxygens (including phenoxy) is 1. The largest absolute Gasteiger partial charge is 0.484 e. The van der Waals surface area contributed by atoms with Crippen LogP contribution in [0.25, 0.3) is 0 Å². The van der Waals surface area contributed by atoms with E-state index in [1.807, 2.05) is 24.3 Å². The molecule has 2 heterocycles. The maximum atomic E-state index is 12.7. The molecule has 138 valence electrons. The summed E-state index contributed by atoms with van der Waals surface area (Å²) in [6.45, 7) is 6.70. The molecule has 0 aromatic heterocycles. The summed E-state index contributed by atoms with van der Waals surface area (Å²) in [5.74, 6) is 0.921. The first-order valence-electron chi connectivity index (χ1n) is 9.94. The van der Waals surface area contributed by atoms with Crippen molar-refractivity contribution in [1.82, 2.24) is 9.80 Å². The Morgan fingerprint density at radius 1 is 1.04 bits per heavy atom. The molecular formula is C21H32N2O2. The van der Waals surface area contributed by atoms with Gasteiger partial charge in [-0.25, -0.2) is 0 Å². The van der Waals surface area contributed by atoms with Gasteiger partial charge in [0.25, 0.3) is 5.91 Å². The lowest BCUT2D eigenvalue weighted by Crippen LogP contribution is -2.47. The average molecular weight is 344 g/mol. The quantitative estimate of drug-likeness (QED) is 0.790. The lowest BCUT2D eigenvalue weighted by atomic mass is 9.98. The summed E-state index contributed by atoms with van der Waals surface area (Å²) in [5, 5.41) is 0. The van der Waals surface area contributed by atoms with Gasteiger partial charge in [-0.2, -0.15) is 0 Å². The fraction of sp³-hybridized carbons (Fsp3) is 0.667. The van der Waals surface area contributed by atoms with Gasteiger partial charge in [0.1, 0.15) is 5.75 Å². The molecule has 1 aromatic rings. The van der Waals surface area contributed by atoms with Gasteiger partial charge in [0, 0.05) is 19.1 Å². The van der Waals surface area contributed by atoms with E-state index in [1.54, 1.807) is 0 Å². The monoisotopic (exact) mass is 344 g/mol. The Labute approximate surface area is 152 Å². The first kappa shape index (κ1) is 18.2. The Hall–Kier alpha value is -1.55. The minimum atomic E-state index is 0.143. The van der Waals surface area contributed by atoms with Crippen molar-refractivity contribution in [3.05, 3.63) is 29.8 Å². The molecule has 0 spiro atoms. The van der Waals surface area contributed by atoms with Crippen LogP contribution in [0.15, 0.2) is 24.3 Å². The smallest absolute Gasteiger partial charge is 0.260 e. The number of piperidine rings is 2. The third-order valence-electron chi connectivity index (χ3n) is 5.56. The second-order valence-electron chi connectivity index (χ2n) is 7.53. The van der Waals surface area contributed by atoms with Crippen LogP contribution in [0.3, 0.4) is 0 Å². The number of rotatable bonds is 6. The summed E-state index contributed by atoms with van der Waals surface area (Å²) in [4.78, 5) is 17.3. The molecule has 1 unspecified atom stereocenters. The second-order valence-corrected chi connectivity index (χ2v) is 7.53. The van der Waals surface area contributed by atoms with Crippen LogP contribution in [-0.2, 0) is 4.79 Å². The highest BCUT2D eigenvalue weighted by atomic mass is 16.5. The standard InChI is InChI=1S/C21H32N2O2/c1-18-8-10-20(11-9-18)25-17-21(24)23-15-6-3-7-19(23)12-16-22-13-4-2-5-14-22/h8-11,19H,2-7,12-17H2,1H3. The van der Waals surface area contributed by atoms with E-state index in [-0.39, 0.29) is 12.5 Å². The number of likely N-dealkylation sites (tertiary alicyclic amines) is 2. The summed E-state index contributed by atoms with van der Waals surface area (Å²) >= 11 is 0. The minimum Gasteiger partial charge on any atom is -0.484 e. The average Bonchev–Trinajstić information content (AvgIpc) is 2.67. The normalized spacial score (nSPS) is 22.0. The van der Waals surface area contributed by atoms with Crippen molar-refractivity contribution in [2.75, 3.05) is 32.8 Å². The van der Waals surface area contributed by atoms with Crippen molar-refractivity contribution < 1.29 is 9.53 Å². The number of carbonyl (C=O) groups is 1. The Morgan fingerprint density at radius 2 is 1.76 bits per heavy atom. The molecule has 1 atom stereocenters. The molecule has 25 heavy (non-hydrogen) atoms. The van der Waals surface area contributed by atoms with Crippen LogP contribution in [-0.4, -0.2) is 54.5 Å². The lowest BCUT2D eigenvalue weighted by molar-refractivity contribution is -0.137. The van der Waals surface area contributed by atoms with E-state index in [4.69, 9.17) is 4.74 Å². The minimum absolute atomic E-state index is 0.143. The number of amides is 1. The van der Waals surface area contributed by atoms with Crippen LogP contribution < -0.4 is 4.74 Å². The molecular weight excluding hydrogens is 312 g/mol. The van der Waals surface area contributed by atoms with Gasteiger partial charge >= 0.3 is 0 Å². The third kappa shape index (κ3) is 5.46. The van der Waals surface area contributed by atoms with Crippen molar-refractivity contribution in [3.8, 4) is 5.75 Å². The van der Waals surface area contributed by atoms with E-state index < -0.39 is 0 Å². The Balaban J connectivity index is 1.48. The van der Waals surface area contributed by atoms with E-state index in [1.165, 1.54) is 44.3 Å². The SMILES string of the molecule is Cc1ccc(OCC(=O)N2CCCCC2CCN2CCCCC2)cc1. The fourth-order valence-electron chi connectivity index (χ4n) is 4.01. The highest BCUT2D eigenvalue weighted by Gasteiger charge is 2.27. The van der Waals surface area contributed by atoms with Gasteiger partial charge in [-0.1, -0.05) is 24.1 Å². The molecule has 0 bridgehead atoms. The van der Waals surface area contributed by atoms with Crippen molar-refractivity contribution >= 4 is 5.91 Å². The Morgan fingerprint density at radius 3 is 2.52 bits per heavy atom. The Kier molecular flexibility index (Phi) is 6.74. The van der Waals surface area contributed by atoms with Crippen molar-refractivity contribution in [3.63, 3.8) is 0 Å². The van der Waals surface area contributed by atoms with Gasteiger partial charge in [-0.3, -0.25) is 4.79 Å². The van der Waals surface area contributed by atoms with Crippen molar-refractivity contribution in [2.24, 2.45) is 0 Å². The molecule has 0 N–H and O–H groups in total. The van der Waals surface area contributed by atoms with Gasteiger partial charge in [-0.05, 0) is 70.7 Å². The molecule has 2 fully saturated rings. The Bertz CT molecular complexity index is 537. The third-order valence-corrected chi connectivity index (χ3v) is 5.56. The van der Waals surface area contributed by atoms with E-state index in [0.29, 0.717) is 6.04 Å². The molecule has 1 aromatic carbocycles.